The predicted octanol–water partition coefficient (Wildman–Crippen LogP) is 16.3. The SMILES string of the molecule is CC/C=C\C/C=C\C/C=C\C/C=C\CCCCCCCCCCCCCCCCCCCCCCCCCCC(=O)OC(COC(=O)CCCCCCCC)COC(OCC[N+](C)(C)C)C(=O)O. The molecule has 0 radical (unpaired) electrons. The molecule has 0 rings (SSSR count). The standard InChI is InChI=1S/C59H107NO8/c1-6-8-10-12-14-15-16-17-18-19-20-21-22-23-24-25-26-27-28-29-30-31-32-33-34-35-36-37-38-39-40-41-42-43-44-46-48-50-57(62)68-55(53-66-56(61)49-47-45-13-11-9-7-2)54-67-59(58(63)64)65-52-51-60(3,4)5/h8,10,14-15,17-18,20-21,55,59H,6-7,9,11-13,16,19,22-54H2,1-5H3/p+1/b10-8-,15-14-,18-17-,21-20-. The summed E-state index contributed by atoms with van der Waals surface area (Å²) in [6, 6.07) is 0. The van der Waals surface area contributed by atoms with Crippen LogP contribution in [-0.2, 0) is 33.3 Å². The smallest absolute Gasteiger partial charge is 0.361 e. The van der Waals surface area contributed by atoms with E-state index in [9.17, 15) is 19.5 Å². The van der Waals surface area contributed by atoms with Crippen molar-refractivity contribution in [2.45, 2.75) is 264 Å². The molecule has 0 bridgehead atoms. The highest BCUT2D eigenvalue weighted by Gasteiger charge is 2.25. The van der Waals surface area contributed by atoms with Crippen LogP contribution < -0.4 is 0 Å². The normalized spacial score (nSPS) is 13.1. The van der Waals surface area contributed by atoms with Gasteiger partial charge in [-0.15, -0.1) is 0 Å². The van der Waals surface area contributed by atoms with Crippen molar-refractivity contribution in [1.29, 1.82) is 0 Å². The molecule has 1 N–H and O–H groups in total. The number of carboxylic acids is 1. The molecule has 0 aliphatic rings. The summed E-state index contributed by atoms with van der Waals surface area (Å²) in [7, 11) is 5.96. The van der Waals surface area contributed by atoms with Gasteiger partial charge in [0.25, 0.3) is 6.29 Å². The Bertz CT molecular complexity index is 1250. The number of esters is 2. The fourth-order valence-electron chi connectivity index (χ4n) is 8.01. The average Bonchev–Trinajstić information content (AvgIpc) is 3.30. The molecule has 0 fully saturated rings. The number of hydrogen-bond acceptors (Lipinski definition) is 7. The van der Waals surface area contributed by atoms with Crippen molar-refractivity contribution in [2.24, 2.45) is 0 Å². The van der Waals surface area contributed by atoms with Gasteiger partial charge in [-0.2, -0.15) is 0 Å². The summed E-state index contributed by atoms with van der Waals surface area (Å²) in [6.07, 6.45) is 59.7. The Morgan fingerprint density at radius 3 is 1.25 bits per heavy atom. The molecule has 68 heavy (non-hydrogen) atoms. The van der Waals surface area contributed by atoms with E-state index < -0.39 is 24.3 Å². The molecule has 0 aromatic carbocycles. The number of allylic oxidation sites excluding steroid dienone is 8. The van der Waals surface area contributed by atoms with E-state index >= 15 is 0 Å². The number of hydrogen-bond donors (Lipinski definition) is 1. The Kier molecular flexibility index (Phi) is 48.6. The number of carboxylic acid groups (broad SMARTS) is 1. The van der Waals surface area contributed by atoms with Gasteiger partial charge >= 0.3 is 17.9 Å². The van der Waals surface area contributed by atoms with Gasteiger partial charge in [0, 0.05) is 12.8 Å². The van der Waals surface area contributed by atoms with Gasteiger partial charge in [0.05, 0.1) is 34.4 Å². The molecule has 0 saturated heterocycles. The van der Waals surface area contributed by atoms with Gasteiger partial charge in [-0.25, -0.2) is 4.79 Å². The number of ether oxygens (including phenoxy) is 4. The monoisotopic (exact) mass is 959 g/mol. The van der Waals surface area contributed by atoms with Gasteiger partial charge in [-0.1, -0.05) is 236 Å². The van der Waals surface area contributed by atoms with Crippen LogP contribution in [0.5, 0.6) is 0 Å². The van der Waals surface area contributed by atoms with Crippen molar-refractivity contribution >= 4 is 17.9 Å². The summed E-state index contributed by atoms with van der Waals surface area (Å²) < 4.78 is 22.7. The zero-order chi connectivity index (χ0) is 49.9. The van der Waals surface area contributed by atoms with E-state index in [4.69, 9.17) is 18.9 Å². The third kappa shape index (κ3) is 51.1. The minimum atomic E-state index is -1.50. The first-order valence-electron chi connectivity index (χ1n) is 28.3. The van der Waals surface area contributed by atoms with Gasteiger partial charge in [-0.3, -0.25) is 9.59 Å². The van der Waals surface area contributed by atoms with Gasteiger partial charge in [0.2, 0.25) is 0 Å². The lowest BCUT2D eigenvalue weighted by molar-refractivity contribution is -0.870. The largest absolute Gasteiger partial charge is 0.477 e. The molecule has 9 heteroatoms. The molecular weight excluding hydrogens is 851 g/mol. The maximum absolute atomic E-state index is 12.8. The number of unbranched alkanes of at least 4 members (excludes halogenated alkanes) is 29. The third-order valence-electron chi connectivity index (χ3n) is 12.3. The van der Waals surface area contributed by atoms with Gasteiger partial charge in [0.15, 0.2) is 6.10 Å². The fraction of sp³-hybridized carbons (Fsp3) is 0.814. The molecule has 2 atom stereocenters. The number of carbonyl (C=O) groups is 3. The van der Waals surface area contributed by atoms with Crippen LogP contribution in [0.4, 0.5) is 0 Å². The lowest BCUT2D eigenvalue weighted by Gasteiger charge is -2.25. The van der Waals surface area contributed by atoms with Crippen molar-refractivity contribution < 1.29 is 42.9 Å². The Labute approximate surface area is 419 Å². The number of carbonyl (C=O) groups excluding carboxylic acids is 2. The van der Waals surface area contributed by atoms with E-state index in [1.165, 1.54) is 161 Å². The molecule has 0 heterocycles. The highest BCUT2D eigenvalue weighted by atomic mass is 16.7. The number of quaternary nitrogens is 1. The molecule has 2 unspecified atom stereocenters. The van der Waals surface area contributed by atoms with Crippen molar-refractivity contribution in [2.75, 3.05) is 47.5 Å². The van der Waals surface area contributed by atoms with Crippen molar-refractivity contribution in [3.05, 3.63) is 48.6 Å². The highest BCUT2D eigenvalue weighted by Crippen LogP contribution is 2.17. The van der Waals surface area contributed by atoms with Gasteiger partial charge in [-0.05, 0) is 51.4 Å². The van der Waals surface area contributed by atoms with E-state index in [0.29, 0.717) is 17.4 Å². The van der Waals surface area contributed by atoms with E-state index in [0.717, 1.165) is 64.2 Å². The van der Waals surface area contributed by atoms with Crippen LogP contribution in [0.1, 0.15) is 251 Å². The van der Waals surface area contributed by atoms with E-state index in [1.54, 1.807) is 0 Å². The van der Waals surface area contributed by atoms with E-state index in [1.807, 2.05) is 21.1 Å². The van der Waals surface area contributed by atoms with Crippen LogP contribution in [-0.4, -0.2) is 87.4 Å². The summed E-state index contributed by atoms with van der Waals surface area (Å²) in [5.74, 6) is -2.00. The molecule has 0 aromatic heterocycles. The van der Waals surface area contributed by atoms with E-state index in [-0.39, 0.29) is 32.2 Å². The lowest BCUT2D eigenvalue weighted by atomic mass is 10.0. The first-order valence-corrected chi connectivity index (χ1v) is 28.3. The molecule has 0 amide bonds. The van der Waals surface area contributed by atoms with Crippen LogP contribution in [0.2, 0.25) is 0 Å². The van der Waals surface area contributed by atoms with Crippen molar-refractivity contribution in [3.63, 3.8) is 0 Å². The number of likely N-dealkylation sites (N-methyl/N-ethyl adjacent to an activating group) is 1. The molecule has 0 aliphatic heterocycles. The maximum Gasteiger partial charge on any atom is 0.361 e. The molecule has 0 aliphatic carbocycles. The first-order chi connectivity index (χ1) is 33.1. The minimum Gasteiger partial charge on any atom is -0.477 e. The molecule has 0 saturated carbocycles. The quantitative estimate of drug-likeness (QED) is 0.0211. The average molecular weight is 960 g/mol. The predicted molar refractivity (Wildman–Crippen MR) is 286 cm³/mol. The summed E-state index contributed by atoms with van der Waals surface area (Å²) in [6.45, 7) is 4.71. The first kappa shape index (κ1) is 65.2. The molecular formula is C59H108NO8+. The van der Waals surface area contributed by atoms with Crippen LogP contribution in [0.25, 0.3) is 0 Å². The summed E-state index contributed by atoms with van der Waals surface area (Å²) >= 11 is 0. The minimum absolute atomic E-state index is 0.178. The Hall–Kier alpha value is -2.75. The Morgan fingerprint density at radius 1 is 0.456 bits per heavy atom. The Morgan fingerprint density at radius 2 is 0.838 bits per heavy atom. The van der Waals surface area contributed by atoms with Crippen LogP contribution in [0.15, 0.2) is 48.6 Å². The summed E-state index contributed by atoms with van der Waals surface area (Å²) in [5, 5.41) is 9.62. The second-order valence-electron chi connectivity index (χ2n) is 20.2. The summed E-state index contributed by atoms with van der Waals surface area (Å²) in [4.78, 5) is 37.0. The van der Waals surface area contributed by atoms with Crippen molar-refractivity contribution in [3.8, 4) is 0 Å². The van der Waals surface area contributed by atoms with E-state index in [2.05, 4.69) is 62.5 Å². The molecule has 0 spiro atoms. The van der Waals surface area contributed by atoms with Crippen LogP contribution in [0, 0.1) is 0 Å². The van der Waals surface area contributed by atoms with Gasteiger partial charge < -0.3 is 28.5 Å². The zero-order valence-electron chi connectivity index (χ0n) is 45.0. The molecule has 9 nitrogen and oxygen atoms in total. The molecule has 0 aromatic rings. The second kappa shape index (κ2) is 50.6. The van der Waals surface area contributed by atoms with Crippen molar-refractivity contribution in [1.82, 2.24) is 0 Å². The fourth-order valence-corrected chi connectivity index (χ4v) is 8.01. The number of aliphatic carboxylic acids is 1. The zero-order valence-corrected chi connectivity index (χ0v) is 45.0. The third-order valence-corrected chi connectivity index (χ3v) is 12.3. The topological polar surface area (TPSA) is 108 Å². The highest BCUT2D eigenvalue weighted by molar-refractivity contribution is 5.71. The van der Waals surface area contributed by atoms with Crippen LogP contribution in [0.3, 0.4) is 0 Å². The lowest BCUT2D eigenvalue weighted by Crippen LogP contribution is -2.40. The maximum atomic E-state index is 12.8. The van der Waals surface area contributed by atoms with Crippen LogP contribution >= 0.6 is 0 Å². The number of rotatable bonds is 52. The second-order valence-corrected chi connectivity index (χ2v) is 20.2. The van der Waals surface area contributed by atoms with Gasteiger partial charge in [0.1, 0.15) is 13.2 Å². The number of nitrogens with zero attached hydrogens (tertiary/aromatic N) is 1. The Balaban J connectivity index is 3.84. The molecule has 396 valence electrons. The summed E-state index contributed by atoms with van der Waals surface area (Å²) in [5.41, 5.74) is 0.